The molecule has 0 unspecified atom stereocenters. The summed E-state index contributed by atoms with van der Waals surface area (Å²) in [6.45, 7) is 4.78. The second-order valence-corrected chi connectivity index (χ2v) is 9.59. The molecule has 0 bridgehead atoms. The van der Waals surface area contributed by atoms with Crippen molar-refractivity contribution in [1.29, 1.82) is 0 Å². The zero-order valence-corrected chi connectivity index (χ0v) is 23.0. The van der Waals surface area contributed by atoms with Gasteiger partial charge in [0.1, 0.15) is 10.8 Å². The van der Waals surface area contributed by atoms with Crippen LogP contribution in [-0.4, -0.2) is 92.0 Å². The number of methoxy groups -OCH3 is 1. The van der Waals surface area contributed by atoms with E-state index in [0.717, 1.165) is 61.2 Å². The average Bonchev–Trinajstić information content (AvgIpc) is 3.63. The van der Waals surface area contributed by atoms with Crippen LogP contribution in [0.2, 0.25) is 0 Å². The van der Waals surface area contributed by atoms with Gasteiger partial charge in [0.05, 0.1) is 25.5 Å². The maximum atomic E-state index is 10.6. The first-order valence-electron chi connectivity index (χ1n) is 12.1. The molecule has 0 amide bonds. The number of ether oxygens (including phenoxy) is 1. The van der Waals surface area contributed by atoms with Crippen LogP contribution < -0.4 is 9.64 Å². The molecule has 5 rings (SSSR count). The molecule has 0 spiro atoms. The number of rotatable bonds is 5. The second kappa shape index (κ2) is 14.1. The fourth-order valence-electron chi connectivity index (χ4n) is 3.74. The molecule has 0 radical (unpaired) electrons. The fraction of sp³-hybridized carbons (Fsp3) is 0.320. The number of aliphatic carboxylic acids is 2. The van der Waals surface area contributed by atoms with Crippen LogP contribution in [0.4, 0.5) is 32.2 Å². The Balaban J connectivity index is 0.000000303. The highest BCUT2D eigenvalue weighted by Crippen LogP contribution is 2.27. The molecule has 0 saturated carbocycles. The van der Waals surface area contributed by atoms with Crippen molar-refractivity contribution in [3.05, 3.63) is 59.4 Å². The number of benzene rings is 1. The largest absolute Gasteiger partial charge is 0.497 e. The predicted octanol–water partition coefficient (Wildman–Crippen LogP) is 4.45. The number of thiazole rings is 1. The van der Waals surface area contributed by atoms with Crippen molar-refractivity contribution in [2.75, 3.05) is 38.2 Å². The van der Waals surface area contributed by atoms with Crippen LogP contribution in [0.25, 0.3) is 16.9 Å². The number of nitrogens with zero attached hydrogens (tertiary/aromatic N) is 6. The van der Waals surface area contributed by atoms with Crippen molar-refractivity contribution in [3.8, 4) is 17.0 Å². The number of carbonyl (C=O) groups is 2. The van der Waals surface area contributed by atoms with Gasteiger partial charge in [-0.25, -0.2) is 24.5 Å². The van der Waals surface area contributed by atoms with Crippen LogP contribution in [0.1, 0.15) is 5.01 Å². The lowest BCUT2D eigenvalue weighted by Gasteiger charge is -2.34. The molecule has 18 heteroatoms. The zero-order valence-electron chi connectivity index (χ0n) is 22.2. The Hall–Kier alpha value is -4.45. The Morgan fingerprint density at radius 3 is 1.98 bits per heavy atom. The third-order valence-corrected chi connectivity index (χ3v) is 6.56. The molecule has 43 heavy (non-hydrogen) atoms. The van der Waals surface area contributed by atoms with E-state index in [1.807, 2.05) is 42.3 Å². The van der Waals surface area contributed by atoms with E-state index in [-0.39, 0.29) is 0 Å². The number of carboxylic acid groups (broad SMARTS) is 2. The number of halogens is 6. The van der Waals surface area contributed by atoms with E-state index in [2.05, 4.69) is 36.3 Å². The zero-order chi connectivity index (χ0) is 31.8. The predicted molar refractivity (Wildman–Crippen MR) is 142 cm³/mol. The summed E-state index contributed by atoms with van der Waals surface area (Å²) in [5.41, 5.74) is 3.05. The molecule has 4 aromatic rings. The van der Waals surface area contributed by atoms with Crippen molar-refractivity contribution in [3.63, 3.8) is 0 Å². The van der Waals surface area contributed by atoms with Gasteiger partial charge in [0.2, 0.25) is 0 Å². The van der Waals surface area contributed by atoms with E-state index < -0.39 is 24.3 Å². The second-order valence-electron chi connectivity index (χ2n) is 8.61. The summed E-state index contributed by atoms with van der Waals surface area (Å²) in [4.78, 5) is 36.3. The molecule has 1 fully saturated rings. The standard InChI is InChI=1S/C21H22N6OS.2C2HF3O2/c1-28-17-4-2-16(3-5-17)18-14-24-21-20(23-6-8-27(18)21)26-11-9-25(10-12-26)15-19-22-7-13-29-19;2*3-2(4,5)1(6)7/h2-8,13-14H,9-12,15H2,1H3;2*(H,6,7). The molecule has 232 valence electrons. The molecule has 1 aliphatic rings. The monoisotopic (exact) mass is 634 g/mol. The first kappa shape index (κ1) is 33.1. The van der Waals surface area contributed by atoms with Crippen LogP contribution in [0.3, 0.4) is 0 Å². The third kappa shape index (κ3) is 9.27. The van der Waals surface area contributed by atoms with E-state index in [9.17, 15) is 26.3 Å². The molecular formula is C25H24F6N6O5S. The number of hydrogen-bond acceptors (Lipinski definition) is 9. The van der Waals surface area contributed by atoms with Crippen molar-refractivity contribution in [1.82, 2.24) is 24.3 Å². The van der Waals surface area contributed by atoms with E-state index >= 15 is 0 Å². The van der Waals surface area contributed by atoms with Gasteiger partial charge in [-0.1, -0.05) is 0 Å². The van der Waals surface area contributed by atoms with E-state index in [1.165, 1.54) is 5.01 Å². The number of imidazole rings is 1. The number of aromatic nitrogens is 4. The Bertz CT molecular complexity index is 1460. The quantitative estimate of drug-likeness (QED) is 0.304. The minimum atomic E-state index is -5.08. The molecule has 1 aromatic carbocycles. The molecular weight excluding hydrogens is 610 g/mol. The van der Waals surface area contributed by atoms with Crippen molar-refractivity contribution < 1.29 is 50.9 Å². The molecule has 2 N–H and O–H groups in total. The molecule has 1 saturated heterocycles. The lowest BCUT2D eigenvalue weighted by molar-refractivity contribution is -0.193. The van der Waals surface area contributed by atoms with Crippen LogP contribution in [-0.2, 0) is 16.1 Å². The number of carboxylic acids is 2. The molecule has 3 aromatic heterocycles. The van der Waals surface area contributed by atoms with Gasteiger partial charge in [0.25, 0.3) is 0 Å². The number of alkyl halides is 6. The van der Waals surface area contributed by atoms with Gasteiger partial charge in [-0.2, -0.15) is 26.3 Å². The number of fused-ring (bicyclic) bond motifs is 1. The Labute approximate surface area is 243 Å². The lowest BCUT2D eigenvalue weighted by Crippen LogP contribution is -2.46. The van der Waals surface area contributed by atoms with Crippen LogP contribution in [0.5, 0.6) is 5.75 Å². The summed E-state index contributed by atoms with van der Waals surface area (Å²) in [6.07, 6.45) is -2.54. The summed E-state index contributed by atoms with van der Waals surface area (Å²) >= 11 is 1.72. The van der Waals surface area contributed by atoms with Crippen molar-refractivity contribution in [2.24, 2.45) is 0 Å². The summed E-state index contributed by atoms with van der Waals surface area (Å²) in [5, 5.41) is 17.5. The SMILES string of the molecule is COc1ccc(-c2cnc3c(N4CCN(Cc5nccs5)CC4)nccn23)cc1.O=C(O)C(F)(F)F.O=C(O)C(F)(F)F. The summed E-state index contributed by atoms with van der Waals surface area (Å²) < 4.78 is 70.9. The molecule has 0 aliphatic carbocycles. The molecule has 0 atom stereocenters. The van der Waals surface area contributed by atoms with E-state index in [0.29, 0.717) is 0 Å². The molecule has 1 aliphatic heterocycles. The summed E-state index contributed by atoms with van der Waals surface area (Å²) in [5.74, 6) is -3.72. The first-order chi connectivity index (χ1) is 20.2. The fourth-order valence-corrected chi connectivity index (χ4v) is 4.40. The highest BCUT2D eigenvalue weighted by atomic mass is 32.1. The highest BCUT2D eigenvalue weighted by Gasteiger charge is 2.38. The van der Waals surface area contributed by atoms with Gasteiger partial charge in [0.15, 0.2) is 11.5 Å². The minimum Gasteiger partial charge on any atom is -0.497 e. The smallest absolute Gasteiger partial charge is 0.490 e. The molecule has 11 nitrogen and oxygen atoms in total. The minimum absolute atomic E-state index is 0.848. The van der Waals surface area contributed by atoms with Gasteiger partial charge in [-0.05, 0) is 24.3 Å². The topological polar surface area (TPSA) is 133 Å². The van der Waals surface area contributed by atoms with Crippen LogP contribution in [0, 0.1) is 0 Å². The van der Waals surface area contributed by atoms with Crippen molar-refractivity contribution in [2.45, 2.75) is 18.9 Å². The summed E-state index contributed by atoms with van der Waals surface area (Å²) in [6, 6.07) is 8.05. The lowest BCUT2D eigenvalue weighted by atomic mass is 10.1. The van der Waals surface area contributed by atoms with Crippen LogP contribution >= 0.6 is 11.3 Å². The third-order valence-electron chi connectivity index (χ3n) is 5.79. The number of hydrogen-bond donors (Lipinski definition) is 2. The van der Waals surface area contributed by atoms with Gasteiger partial charge in [-0.3, -0.25) is 9.30 Å². The number of anilines is 1. The molecule has 4 heterocycles. The Kier molecular flexibility index (Phi) is 10.9. The van der Waals surface area contributed by atoms with Gasteiger partial charge in [-0.15, -0.1) is 11.3 Å². The average molecular weight is 635 g/mol. The van der Waals surface area contributed by atoms with Gasteiger partial charge < -0.3 is 19.8 Å². The van der Waals surface area contributed by atoms with E-state index in [4.69, 9.17) is 29.5 Å². The highest BCUT2D eigenvalue weighted by molar-refractivity contribution is 7.09. The number of piperazine rings is 1. The Morgan fingerprint density at radius 2 is 1.49 bits per heavy atom. The first-order valence-corrected chi connectivity index (χ1v) is 13.0. The normalized spacial score (nSPS) is 13.9. The maximum Gasteiger partial charge on any atom is 0.490 e. The van der Waals surface area contributed by atoms with E-state index in [1.54, 1.807) is 18.4 Å². The Morgan fingerprint density at radius 1 is 0.907 bits per heavy atom. The van der Waals surface area contributed by atoms with Crippen LogP contribution in [0.15, 0.2) is 54.4 Å². The summed E-state index contributed by atoms with van der Waals surface area (Å²) in [7, 11) is 1.68. The van der Waals surface area contributed by atoms with Crippen molar-refractivity contribution >= 4 is 34.7 Å². The van der Waals surface area contributed by atoms with Gasteiger partial charge in [0, 0.05) is 55.7 Å². The maximum absolute atomic E-state index is 10.6. The van der Waals surface area contributed by atoms with Gasteiger partial charge >= 0.3 is 24.3 Å².